The third-order valence-electron chi connectivity index (χ3n) is 3.86. The van der Waals surface area contributed by atoms with E-state index in [-0.39, 0.29) is 11.6 Å². The predicted octanol–water partition coefficient (Wildman–Crippen LogP) is 3.23. The molecule has 22 heavy (non-hydrogen) atoms. The molecule has 3 aromatic rings. The van der Waals surface area contributed by atoms with E-state index in [9.17, 15) is 4.79 Å². The van der Waals surface area contributed by atoms with E-state index in [1.54, 1.807) is 4.57 Å². The molecule has 0 radical (unpaired) electrons. The summed E-state index contributed by atoms with van der Waals surface area (Å²) in [6, 6.07) is 17.4. The Hall–Kier alpha value is -2.62. The Balaban J connectivity index is 2.39. The van der Waals surface area contributed by atoms with Crippen molar-refractivity contribution in [3.05, 3.63) is 65.0 Å². The summed E-state index contributed by atoms with van der Waals surface area (Å²) >= 11 is 0. The maximum absolute atomic E-state index is 13.0. The normalized spacial score (nSPS) is 11.1. The number of hydrogen-bond donors (Lipinski definition) is 0. The van der Waals surface area contributed by atoms with Gasteiger partial charge in [0.15, 0.2) is 0 Å². The molecule has 0 aliphatic heterocycles. The van der Waals surface area contributed by atoms with E-state index >= 15 is 0 Å². The molecule has 1 heterocycles. The van der Waals surface area contributed by atoms with Crippen LogP contribution in [0.25, 0.3) is 16.6 Å². The Labute approximate surface area is 129 Å². The fourth-order valence-electron chi connectivity index (χ4n) is 2.40. The van der Waals surface area contributed by atoms with E-state index in [1.807, 2.05) is 66.5 Å². The Kier molecular flexibility index (Phi) is 3.67. The van der Waals surface area contributed by atoms with Crippen LogP contribution < -0.4 is 10.5 Å². The molecule has 0 aliphatic carbocycles. The Morgan fingerprint density at radius 2 is 1.64 bits per heavy atom. The Morgan fingerprint density at radius 3 is 2.32 bits per heavy atom. The lowest BCUT2D eigenvalue weighted by atomic mass is 10.2. The Morgan fingerprint density at radius 1 is 1.00 bits per heavy atom. The molecule has 0 saturated heterocycles. The van der Waals surface area contributed by atoms with Crippen molar-refractivity contribution >= 4 is 16.9 Å². The van der Waals surface area contributed by atoms with Gasteiger partial charge in [-0.3, -0.25) is 4.79 Å². The van der Waals surface area contributed by atoms with Crippen LogP contribution in [0.4, 0.5) is 5.95 Å². The molecule has 0 bridgehead atoms. The summed E-state index contributed by atoms with van der Waals surface area (Å²) in [7, 11) is 1.96. The summed E-state index contributed by atoms with van der Waals surface area (Å²) in [5.74, 6) is 0.657. The maximum Gasteiger partial charge on any atom is 0.267 e. The summed E-state index contributed by atoms with van der Waals surface area (Å²) in [6.45, 7) is 4.16. The van der Waals surface area contributed by atoms with Crippen molar-refractivity contribution in [2.45, 2.75) is 19.9 Å². The highest BCUT2D eigenvalue weighted by Crippen LogP contribution is 2.19. The van der Waals surface area contributed by atoms with Gasteiger partial charge in [-0.15, -0.1) is 0 Å². The highest BCUT2D eigenvalue weighted by molar-refractivity contribution is 5.79. The molecule has 0 fully saturated rings. The van der Waals surface area contributed by atoms with Crippen molar-refractivity contribution in [2.24, 2.45) is 0 Å². The lowest BCUT2D eigenvalue weighted by Gasteiger charge is -2.26. The number of hydrogen-bond acceptors (Lipinski definition) is 3. The largest absolute Gasteiger partial charge is 0.342 e. The number of rotatable bonds is 3. The lowest BCUT2D eigenvalue weighted by Crippen LogP contribution is -2.33. The fourth-order valence-corrected chi connectivity index (χ4v) is 2.40. The number of aromatic nitrogens is 2. The van der Waals surface area contributed by atoms with Gasteiger partial charge < -0.3 is 4.90 Å². The third-order valence-corrected chi connectivity index (χ3v) is 3.86. The average molecular weight is 293 g/mol. The first-order valence-corrected chi connectivity index (χ1v) is 7.39. The zero-order valence-electron chi connectivity index (χ0n) is 13.0. The minimum absolute atomic E-state index is 0.0423. The molecular weight excluding hydrogens is 274 g/mol. The standard InChI is InChI=1S/C18H19N3O/c1-13(2)20(3)18-19-16-12-8-7-11-15(16)17(22)21(18)14-9-5-4-6-10-14/h4-13H,1-3H3. The van der Waals surface area contributed by atoms with Gasteiger partial charge in [0.05, 0.1) is 16.6 Å². The van der Waals surface area contributed by atoms with Crippen LogP contribution in [-0.2, 0) is 0 Å². The van der Waals surface area contributed by atoms with Crippen LogP contribution in [-0.4, -0.2) is 22.6 Å². The van der Waals surface area contributed by atoms with Gasteiger partial charge in [0, 0.05) is 13.1 Å². The maximum atomic E-state index is 13.0. The third kappa shape index (κ3) is 2.37. The van der Waals surface area contributed by atoms with Gasteiger partial charge in [-0.1, -0.05) is 30.3 Å². The molecule has 4 heteroatoms. The molecule has 2 aromatic carbocycles. The molecule has 0 atom stereocenters. The number of benzene rings is 2. The van der Waals surface area contributed by atoms with Gasteiger partial charge >= 0.3 is 0 Å². The molecule has 0 aliphatic rings. The number of nitrogens with zero attached hydrogens (tertiary/aromatic N) is 3. The van der Waals surface area contributed by atoms with Gasteiger partial charge in [-0.05, 0) is 38.1 Å². The average Bonchev–Trinajstić information content (AvgIpc) is 2.54. The van der Waals surface area contributed by atoms with Crippen LogP contribution in [0, 0.1) is 0 Å². The first-order valence-electron chi connectivity index (χ1n) is 7.39. The van der Waals surface area contributed by atoms with Crippen LogP contribution in [0.1, 0.15) is 13.8 Å². The van der Waals surface area contributed by atoms with Gasteiger partial charge in [0.25, 0.3) is 5.56 Å². The van der Waals surface area contributed by atoms with Crippen molar-refractivity contribution in [1.29, 1.82) is 0 Å². The van der Waals surface area contributed by atoms with E-state index in [0.717, 1.165) is 11.2 Å². The highest BCUT2D eigenvalue weighted by atomic mass is 16.1. The van der Waals surface area contributed by atoms with Gasteiger partial charge in [-0.25, -0.2) is 9.55 Å². The minimum Gasteiger partial charge on any atom is -0.342 e. The van der Waals surface area contributed by atoms with E-state index in [0.29, 0.717) is 11.3 Å². The summed E-state index contributed by atoms with van der Waals surface area (Å²) in [5.41, 5.74) is 1.51. The van der Waals surface area contributed by atoms with Crippen LogP contribution in [0.5, 0.6) is 0 Å². The molecule has 0 N–H and O–H groups in total. The van der Waals surface area contributed by atoms with Gasteiger partial charge in [0.2, 0.25) is 5.95 Å². The second kappa shape index (κ2) is 5.64. The second-order valence-electron chi connectivity index (χ2n) is 5.61. The smallest absolute Gasteiger partial charge is 0.267 e. The minimum atomic E-state index is -0.0423. The van der Waals surface area contributed by atoms with Crippen LogP contribution in [0.2, 0.25) is 0 Å². The number of anilines is 1. The zero-order chi connectivity index (χ0) is 15.7. The molecule has 0 unspecified atom stereocenters. The van der Waals surface area contributed by atoms with Crippen molar-refractivity contribution in [3.63, 3.8) is 0 Å². The van der Waals surface area contributed by atoms with Gasteiger partial charge in [-0.2, -0.15) is 0 Å². The van der Waals surface area contributed by atoms with Crippen molar-refractivity contribution in [2.75, 3.05) is 11.9 Å². The van der Waals surface area contributed by atoms with Crippen molar-refractivity contribution in [1.82, 2.24) is 9.55 Å². The molecule has 0 spiro atoms. The van der Waals surface area contributed by atoms with Crippen LogP contribution in [0.15, 0.2) is 59.4 Å². The van der Waals surface area contributed by atoms with Crippen LogP contribution >= 0.6 is 0 Å². The van der Waals surface area contributed by atoms with Gasteiger partial charge in [0.1, 0.15) is 0 Å². The molecule has 1 aromatic heterocycles. The Bertz CT molecular complexity index is 853. The molecule has 112 valence electrons. The molecule has 3 rings (SSSR count). The first kappa shape index (κ1) is 14.3. The monoisotopic (exact) mass is 293 g/mol. The zero-order valence-corrected chi connectivity index (χ0v) is 13.0. The lowest BCUT2D eigenvalue weighted by molar-refractivity contribution is 0.712. The van der Waals surface area contributed by atoms with E-state index in [2.05, 4.69) is 13.8 Å². The van der Waals surface area contributed by atoms with Crippen molar-refractivity contribution < 1.29 is 0 Å². The summed E-state index contributed by atoms with van der Waals surface area (Å²) in [6.07, 6.45) is 0. The molecule has 4 nitrogen and oxygen atoms in total. The topological polar surface area (TPSA) is 38.1 Å². The first-order chi connectivity index (χ1) is 10.6. The number of para-hydroxylation sites is 2. The summed E-state index contributed by atoms with van der Waals surface area (Å²) in [5, 5.41) is 0.632. The predicted molar refractivity (Wildman–Crippen MR) is 90.9 cm³/mol. The van der Waals surface area contributed by atoms with E-state index in [4.69, 9.17) is 4.98 Å². The SMILES string of the molecule is CC(C)N(C)c1nc2ccccc2c(=O)n1-c1ccccc1. The second-order valence-corrected chi connectivity index (χ2v) is 5.61. The quantitative estimate of drug-likeness (QED) is 0.744. The fraction of sp³-hybridized carbons (Fsp3) is 0.222. The van der Waals surface area contributed by atoms with Crippen LogP contribution in [0.3, 0.4) is 0 Å². The molecule has 0 amide bonds. The van der Waals surface area contributed by atoms with E-state index in [1.165, 1.54) is 0 Å². The molecular formula is C18H19N3O. The van der Waals surface area contributed by atoms with E-state index < -0.39 is 0 Å². The summed E-state index contributed by atoms with van der Waals surface area (Å²) < 4.78 is 1.68. The summed E-state index contributed by atoms with van der Waals surface area (Å²) in [4.78, 5) is 19.7. The number of fused-ring (bicyclic) bond motifs is 1. The van der Waals surface area contributed by atoms with Crippen molar-refractivity contribution in [3.8, 4) is 5.69 Å². The highest BCUT2D eigenvalue weighted by Gasteiger charge is 2.17. The molecule has 0 saturated carbocycles.